The monoisotopic (exact) mass is 500 g/mol. The molecule has 0 bridgehead atoms. The molecule has 0 radical (unpaired) electrons. The van der Waals surface area contributed by atoms with Crippen molar-refractivity contribution in [3.05, 3.63) is 12.2 Å². The molecule has 0 aromatic carbocycles. The van der Waals surface area contributed by atoms with Crippen LogP contribution in [0.15, 0.2) is 6.33 Å². The van der Waals surface area contributed by atoms with Gasteiger partial charge in [-0.2, -0.15) is 15.2 Å². The van der Waals surface area contributed by atoms with E-state index < -0.39 is 42.4 Å². The van der Waals surface area contributed by atoms with E-state index in [1.165, 1.54) is 38.1 Å². The number of aromatic nitrogens is 4. The molecular formula is C23H28N6O7. The van der Waals surface area contributed by atoms with E-state index in [2.05, 4.69) is 20.3 Å². The smallest absolute Gasteiger partial charge is 0.303 e. The van der Waals surface area contributed by atoms with Crippen LogP contribution in [0.5, 0.6) is 0 Å². The van der Waals surface area contributed by atoms with E-state index in [0.717, 1.165) is 25.7 Å². The van der Waals surface area contributed by atoms with Crippen LogP contribution in [0.1, 0.15) is 64.9 Å². The molecule has 1 saturated heterocycles. The first-order valence-electron chi connectivity index (χ1n) is 11.8. The fraction of sp³-hybridized carbons (Fsp3) is 0.609. The molecule has 2 aliphatic rings. The maximum atomic E-state index is 12.0. The average molecular weight is 501 g/mol. The molecule has 0 unspecified atom stereocenters. The molecule has 192 valence electrons. The normalized spacial score (nSPS) is 24.2. The Morgan fingerprint density at radius 3 is 2.42 bits per heavy atom. The number of imidazole rings is 1. The van der Waals surface area contributed by atoms with Crippen molar-refractivity contribution in [1.29, 1.82) is 5.26 Å². The minimum Gasteiger partial charge on any atom is -0.463 e. The summed E-state index contributed by atoms with van der Waals surface area (Å²) in [6, 6.07) is 2.17. The average Bonchev–Trinajstić information content (AvgIpc) is 3.39. The van der Waals surface area contributed by atoms with Crippen molar-refractivity contribution in [2.24, 2.45) is 0 Å². The number of hydrogen-bond donors (Lipinski definition) is 1. The van der Waals surface area contributed by atoms with Gasteiger partial charge in [-0.05, 0) is 12.8 Å². The molecule has 36 heavy (non-hydrogen) atoms. The van der Waals surface area contributed by atoms with Crippen molar-refractivity contribution in [1.82, 2.24) is 19.5 Å². The highest BCUT2D eigenvalue weighted by atomic mass is 16.7. The molecule has 13 nitrogen and oxygen atoms in total. The molecule has 1 N–H and O–H groups in total. The summed E-state index contributed by atoms with van der Waals surface area (Å²) in [7, 11) is 0. The number of esters is 3. The Labute approximate surface area is 207 Å². The molecule has 2 aromatic rings. The fourth-order valence-electron chi connectivity index (χ4n) is 4.61. The van der Waals surface area contributed by atoms with E-state index in [1.807, 2.05) is 6.07 Å². The van der Waals surface area contributed by atoms with E-state index >= 15 is 0 Å². The van der Waals surface area contributed by atoms with Crippen LogP contribution in [-0.2, 0) is 33.3 Å². The van der Waals surface area contributed by atoms with Gasteiger partial charge in [0.1, 0.15) is 18.8 Å². The van der Waals surface area contributed by atoms with E-state index in [-0.39, 0.29) is 24.1 Å². The third-order valence-electron chi connectivity index (χ3n) is 6.08. The number of hydrogen-bond acceptors (Lipinski definition) is 12. The van der Waals surface area contributed by atoms with Gasteiger partial charge in [0.25, 0.3) is 0 Å². The van der Waals surface area contributed by atoms with Gasteiger partial charge in [0.05, 0.1) is 6.33 Å². The molecule has 4 rings (SSSR count). The second-order valence-electron chi connectivity index (χ2n) is 8.83. The van der Waals surface area contributed by atoms with Gasteiger partial charge in [0.15, 0.2) is 35.4 Å². The zero-order chi connectivity index (χ0) is 25.8. The van der Waals surface area contributed by atoms with Crippen LogP contribution >= 0.6 is 0 Å². The summed E-state index contributed by atoms with van der Waals surface area (Å²) in [6.07, 6.45) is 2.67. The Bertz CT molecular complexity index is 1190. The van der Waals surface area contributed by atoms with Crippen LogP contribution in [0.2, 0.25) is 0 Å². The van der Waals surface area contributed by atoms with Crippen LogP contribution < -0.4 is 5.32 Å². The summed E-state index contributed by atoms with van der Waals surface area (Å²) in [5.41, 5.74) is 0.689. The molecule has 1 saturated carbocycles. The lowest BCUT2D eigenvalue weighted by atomic mass is 9.95. The zero-order valence-electron chi connectivity index (χ0n) is 20.3. The molecule has 3 heterocycles. The van der Waals surface area contributed by atoms with Gasteiger partial charge in [0.2, 0.25) is 5.82 Å². The minimum absolute atomic E-state index is 0.0717. The molecular weight excluding hydrogens is 472 g/mol. The predicted molar refractivity (Wildman–Crippen MR) is 122 cm³/mol. The number of nitriles is 1. The number of fused-ring (bicyclic) bond motifs is 1. The first kappa shape index (κ1) is 25.3. The van der Waals surface area contributed by atoms with E-state index in [4.69, 9.17) is 18.9 Å². The summed E-state index contributed by atoms with van der Waals surface area (Å²) in [6.45, 7) is 3.43. The van der Waals surface area contributed by atoms with Gasteiger partial charge in [-0.25, -0.2) is 4.98 Å². The van der Waals surface area contributed by atoms with Crippen LogP contribution in [0, 0.1) is 11.3 Å². The molecule has 2 fully saturated rings. The van der Waals surface area contributed by atoms with Gasteiger partial charge >= 0.3 is 17.9 Å². The number of anilines is 1. The van der Waals surface area contributed by atoms with E-state index in [9.17, 15) is 19.6 Å². The number of nitrogens with one attached hydrogen (secondary N) is 1. The topological polar surface area (TPSA) is 168 Å². The zero-order valence-corrected chi connectivity index (χ0v) is 20.3. The third kappa shape index (κ3) is 5.54. The Balaban J connectivity index is 1.74. The van der Waals surface area contributed by atoms with Gasteiger partial charge in [-0.15, -0.1) is 0 Å². The molecule has 4 atom stereocenters. The Kier molecular flexibility index (Phi) is 7.64. The lowest BCUT2D eigenvalue weighted by molar-refractivity contribution is -0.166. The fourth-order valence-corrected chi connectivity index (χ4v) is 4.61. The maximum absolute atomic E-state index is 12.0. The minimum atomic E-state index is -1.10. The van der Waals surface area contributed by atoms with Crippen molar-refractivity contribution in [2.75, 3.05) is 11.9 Å². The Morgan fingerprint density at radius 2 is 1.78 bits per heavy atom. The van der Waals surface area contributed by atoms with Crippen molar-refractivity contribution < 1.29 is 33.3 Å². The summed E-state index contributed by atoms with van der Waals surface area (Å²) in [5.74, 6) is -1.45. The van der Waals surface area contributed by atoms with Crippen molar-refractivity contribution in [3.8, 4) is 6.07 Å². The second kappa shape index (κ2) is 10.9. The molecule has 1 aliphatic heterocycles. The molecule has 13 heteroatoms. The lowest BCUT2D eigenvalue weighted by Gasteiger charge is -2.24. The van der Waals surface area contributed by atoms with Crippen molar-refractivity contribution in [2.45, 2.75) is 83.5 Å². The summed E-state index contributed by atoms with van der Waals surface area (Å²) in [5, 5.41) is 12.9. The van der Waals surface area contributed by atoms with E-state index in [1.54, 1.807) is 0 Å². The quantitative estimate of drug-likeness (QED) is 0.433. The van der Waals surface area contributed by atoms with Crippen LogP contribution in [-0.4, -0.2) is 68.4 Å². The van der Waals surface area contributed by atoms with Gasteiger partial charge in [0, 0.05) is 26.8 Å². The third-order valence-corrected chi connectivity index (χ3v) is 6.08. The molecule has 1 aliphatic carbocycles. The summed E-state index contributed by atoms with van der Waals surface area (Å²) in [4.78, 5) is 48.3. The highest BCUT2D eigenvalue weighted by Gasteiger charge is 2.51. The molecule has 2 aromatic heterocycles. The highest BCUT2D eigenvalue weighted by molar-refractivity contribution is 5.83. The summed E-state index contributed by atoms with van der Waals surface area (Å²) < 4.78 is 23.6. The number of ether oxygens (including phenoxy) is 4. The SMILES string of the molecule is CC(=O)OC[C@H]1O[C@@H](n2cnc3c(NC4CCCCC4)nc(C#N)nc32)[C@H](OC(C)=O)[C@@H]1OC(C)=O. The Morgan fingerprint density at radius 1 is 1.08 bits per heavy atom. The maximum Gasteiger partial charge on any atom is 0.303 e. The lowest BCUT2D eigenvalue weighted by Crippen LogP contribution is -2.40. The number of carbonyl (C=O) groups is 3. The van der Waals surface area contributed by atoms with Crippen LogP contribution in [0.25, 0.3) is 11.2 Å². The summed E-state index contributed by atoms with van der Waals surface area (Å²) >= 11 is 0. The van der Waals surface area contributed by atoms with Gasteiger partial charge < -0.3 is 24.3 Å². The standard InChI is InChI=1S/C23H28N6O7/c1-12(30)33-10-16-19(34-13(2)31)20(35-14(3)32)23(36-16)29-11-25-18-21(26-15-7-5-4-6-8-15)27-17(9-24)28-22(18)29/h11,15-16,19-20,23H,4-8,10H2,1-3H3,(H,26,27,28)/t16-,19-,20-,23-/m1/s1. The van der Waals surface area contributed by atoms with Crippen molar-refractivity contribution >= 4 is 34.9 Å². The van der Waals surface area contributed by atoms with Gasteiger partial charge in [-0.1, -0.05) is 19.3 Å². The second-order valence-corrected chi connectivity index (χ2v) is 8.83. The highest BCUT2D eigenvalue weighted by Crippen LogP contribution is 2.37. The van der Waals surface area contributed by atoms with Crippen LogP contribution in [0.4, 0.5) is 5.82 Å². The largest absolute Gasteiger partial charge is 0.463 e. The molecule has 0 spiro atoms. The number of nitrogens with zero attached hydrogens (tertiary/aromatic N) is 5. The number of rotatable bonds is 7. The molecule has 0 amide bonds. The first-order valence-corrected chi connectivity index (χ1v) is 11.8. The predicted octanol–water partition coefficient (Wildman–Crippen LogP) is 1.77. The van der Waals surface area contributed by atoms with E-state index in [0.29, 0.717) is 11.3 Å². The van der Waals surface area contributed by atoms with Crippen LogP contribution in [0.3, 0.4) is 0 Å². The van der Waals surface area contributed by atoms with Crippen molar-refractivity contribution in [3.63, 3.8) is 0 Å². The Hall–Kier alpha value is -3.79. The van der Waals surface area contributed by atoms with Gasteiger partial charge in [-0.3, -0.25) is 19.0 Å². The first-order chi connectivity index (χ1) is 17.3. The number of carbonyl (C=O) groups excluding carboxylic acids is 3.